The first-order valence-corrected chi connectivity index (χ1v) is 8.03. The number of aryl methyl sites for hydroxylation is 1. The average Bonchev–Trinajstić information content (AvgIpc) is 2.91. The fraction of sp³-hybridized carbons (Fsp3) is 0.278. The van der Waals surface area contributed by atoms with Gasteiger partial charge in [0.15, 0.2) is 6.61 Å². The number of aromatic amines is 1. The predicted octanol–water partition coefficient (Wildman–Crippen LogP) is 2.88. The Bertz CT molecular complexity index is 872. The topological polar surface area (TPSA) is 97.5 Å². The molecule has 2 aromatic rings. The molecule has 0 aliphatic rings. The summed E-state index contributed by atoms with van der Waals surface area (Å²) in [7, 11) is 0. The maximum atomic E-state index is 13.5. The van der Waals surface area contributed by atoms with Crippen LogP contribution in [0.1, 0.15) is 39.0 Å². The first-order chi connectivity index (χ1) is 12.8. The van der Waals surface area contributed by atoms with Crippen LogP contribution >= 0.6 is 0 Å². The van der Waals surface area contributed by atoms with Gasteiger partial charge in [0, 0.05) is 5.69 Å². The van der Waals surface area contributed by atoms with E-state index in [-0.39, 0.29) is 17.9 Å². The van der Waals surface area contributed by atoms with Crippen LogP contribution in [0.2, 0.25) is 0 Å². The van der Waals surface area contributed by atoms with Gasteiger partial charge in [-0.2, -0.15) is 0 Å². The van der Waals surface area contributed by atoms with Crippen molar-refractivity contribution in [3.63, 3.8) is 0 Å². The molecule has 27 heavy (non-hydrogen) atoms. The molecular formula is C18H18F2N2O5. The third kappa shape index (κ3) is 4.49. The van der Waals surface area contributed by atoms with E-state index in [2.05, 4.69) is 4.98 Å². The molecule has 0 aliphatic heterocycles. The zero-order valence-electron chi connectivity index (χ0n) is 14.9. The molecule has 1 amide bonds. The van der Waals surface area contributed by atoms with Gasteiger partial charge in [0.05, 0.1) is 12.2 Å². The van der Waals surface area contributed by atoms with E-state index in [9.17, 15) is 23.2 Å². The lowest BCUT2D eigenvalue weighted by molar-refractivity contribution is -0.119. The number of hydrogen-bond acceptors (Lipinski definition) is 5. The van der Waals surface area contributed by atoms with Gasteiger partial charge in [0.25, 0.3) is 5.91 Å². The number of anilines is 1. The minimum Gasteiger partial charge on any atom is -0.461 e. The largest absolute Gasteiger partial charge is 0.461 e. The number of benzene rings is 1. The van der Waals surface area contributed by atoms with Gasteiger partial charge < -0.3 is 19.8 Å². The molecule has 1 aromatic heterocycles. The van der Waals surface area contributed by atoms with Crippen molar-refractivity contribution in [2.45, 2.75) is 20.8 Å². The minimum atomic E-state index is -0.953. The smallest absolute Gasteiger partial charge is 0.355 e. The maximum absolute atomic E-state index is 13.5. The van der Waals surface area contributed by atoms with Gasteiger partial charge in [0.1, 0.15) is 23.0 Å². The number of amides is 1. The van der Waals surface area contributed by atoms with Gasteiger partial charge in [-0.1, -0.05) is 6.07 Å². The summed E-state index contributed by atoms with van der Waals surface area (Å²) in [6.07, 6.45) is 0. The first kappa shape index (κ1) is 20.1. The fourth-order valence-corrected chi connectivity index (χ4v) is 2.46. The summed E-state index contributed by atoms with van der Waals surface area (Å²) in [6.45, 7) is 4.14. The molecule has 0 fully saturated rings. The number of esters is 2. The van der Waals surface area contributed by atoms with E-state index in [4.69, 9.17) is 9.47 Å². The van der Waals surface area contributed by atoms with Crippen LogP contribution in [0, 0.1) is 25.5 Å². The number of para-hydroxylation sites is 1. The highest BCUT2D eigenvalue weighted by molar-refractivity contribution is 6.00. The monoisotopic (exact) mass is 380 g/mol. The summed E-state index contributed by atoms with van der Waals surface area (Å²) >= 11 is 0. The Labute approximate surface area is 153 Å². The molecule has 0 aliphatic carbocycles. The van der Waals surface area contributed by atoms with Crippen LogP contribution in [0.15, 0.2) is 18.2 Å². The van der Waals surface area contributed by atoms with E-state index < -0.39 is 41.8 Å². The van der Waals surface area contributed by atoms with Crippen molar-refractivity contribution in [1.82, 2.24) is 4.98 Å². The minimum absolute atomic E-state index is 0.0860. The van der Waals surface area contributed by atoms with Crippen molar-refractivity contribution in [3.05, 3.63) is 52.3 Å². The summed E-state index contributed by atoms with van der Waals surface area (Å²) in [5, 5.41) is 2.01. The molecule has 0 unspecified atom stereocenters. The number of H-pyrrole nitrogens is 1. The predicted molar refractivity (Wildman–Crippen MR) is 91.5 cm³/mol. The van der Waals surface area contributed by atoms with Gasteiger partial charge in [-0.05, 0) is 38.5 Å². The Morgan fingerprint density at radius 2 is 1.70 bits per heavy atom. The standard InChI is InChI=1S/C18H18F2N2O5/c1-4-26-18(25)15-9(2)14(10(3)21-15)17(24)27-8-13(23)22-16-11(19)6-5-7-12(16)20/h5-7,21H,4,8H2,1-3H3,(H,22,23). The van der Waals surface area contributed by atoms with Crippen LogP contribution < -0.4 is 5.32 Å². The van der Waals surface area contributed by atoms with Crippen molar-refractivity contribution in [2.75, 3.05) is 18.5 Å². The first-order valence-electron chi connectivity index (χ1n) is 8.03. The summed E-state index contributed by atoms with van der Waals surface area (Å²) in [5.74, 6) is -4.30. The van der Waals surface area contributed by atoms with E-state index in [0.29, 0.717) is 11.3 Å². The second kappa shape index (κ2) is 8.43. The third-order valence-corrected chi connectivity index (χ3v) is 3.68. The molecule has 0 radical (unpaired) electrons. The van der Waals surface area contributed by atoms with Crippen molar-refractivity contribution in [1.29, 1.82) is 0 Å². The summed E-state index contributed by atoms with van der Waals surface area (Å²) in [5.41, 5.74) is 0.247. The number of nitrogens with one attached hydrogen (secondary N) is 2. The second-order valence-electron chi connectivity index (χ2n) is 5.57. The van der Waals surface area contributed by atoms with Crippen LogP contribution in [0.4, 0.5) is 14.5 Å². The number of halogens is 2. The Morgan fingerprint density at radius 1 is 1.07 bits per heavy atom. The molecule has 0 bridgehead atoms. The highest BCUT2D eigenvalue weighted by Gasteiger charge is 2.24. The van der Waals surface area contributed by atoms with E-state index in [1.807, 2.05) is 5.32 Å². The molecule has 2 N–H and O–H groups in total. The van der Waals surface area contributed by atoms with Crippen molar-refractivity contribution < 1.29 is 32.6 Å². The summed E-state index contributed by atoms with van der Waals surface area (Å²) in [6, 6.07) is 3.11. The SMILES string of the molecule is CCOC(=O)c1[nH]c(C)c(C(=O)OCC(=O)Nc2c(F)cccc2F)c1C. The van der Waals surface area contributed by atoms with Crippen LogP contribution in [-0.4, -0.2) is 36.0 Å². The lowest BCUT2D eigenvalue weighted by atomic mass is 10.1. The van der Waals surface area contributed by atoms with E-state index in [0.717, 1.165) is 18.2 Å². The van der Waals surface area contributed by atoms with Crippen LogP contribution in [0.25, 0.3) is 0 Å². The van der Waals surface area contributed by atoms with Gasteiger partial charge in [0.2, 0.25) is 0 Å². The van der Waals surface area contributed by atoms with Crippen molar-refractivity contribution >= 4 is 23.5 Å². The van der Waals surface area contributed by atoms with Gasteiger partial charge in [-0.15, -0.1) is 0 Å². The molecule has 0 atom stereocenters. The zero-order chi connectivity index (χ0) is 20.1. The van der Waals surface area contributed by atoms with Crippen LogP contribution in [0.3, 0.4) is 0 Å². The number of carbonyl (C=O) groups excluding carboxylic acids is 3. The average molecular weight is 380 g/mol. The molecule has 0 saturated heterocycles. The molecule has 7 nitrogen and oxygen atoms in total. The van der Waals surface area contributed by atoms with E-state index in [1.54, 1.807) is 13.8 Å². The van der Waals surface area contributed by atoms with Crippen molar-refractivity contribution in [3.8, 4) is 0 Å². The number of carbonyl (C=O) groups is 3. The number of aromatic nitrogens is 1. The highest BCUT2D eigenvalue weighted by Crippen LogP contribution is 2.20. The highest BCUT2D eigenvalue weighted by atomic mass is 19.1. The number of rotatable bonds is 6. The Hall–Kier alpha value is -3.23. The van der Waals surface area contributed by atoms with Crippen molar-refractivity contribution in [2.24, 2.45) is 0 Å². The molecule has 1 aromatic carbocycles. The Kier molecular flexibility index (Phi) is 6.27. The summed E-state index contributed by atoms with van der Waals surface area (Å²) < 4.78 is 36.8. The molecule has 1 heterocycles. The maximum Gasteiger partial charge on any atom is 0.355 e. The fourth-order valence-electron chi connectivity index (χ4n) is 2.46. The van der Waals surface area contributed by atoms with E-state index in [1.165, 1.54) is 6.92 Å². The van der Waals surface area contributed by atoms with Crippen LogP contribution in [-0.2, 0) is 14.3 Å². The lowest BCUT2D eigenvalue weighted by Gasteiger charge is -2.08. The van der Waals surface area contributed by atoms with Crippen LogP contribution in [0.5, 0.6) is 0 Å². The normalized spacial score (nSPS) is 10.4. The van der Waals surface area contributed by atoms with E-state index >= 15 is 0 Å². The molecule has 0 saturated carbocycles. The molecule has 9 heteroatoms. The zero-order valence-corrected chi connectivity index (χ0v) is 14.9. The Balaban J connectivity index is 2.06. The lowest BCUT2D eigenvalue weighted by Crippen LogP contribution is -2.22. The molecule has 0 spiro atoms. The number of hydrogen-bond donors (Lipinski definition) is 2. The molecule has 144 valence electrons. The van der Waals surface area contributed by atoms with Gasteiger partial charge >= 0.3 is 11.9 Å². The molecular weight excluding hydrogens is 362 g/mol. The third-order valence-electron chi connectivity index (χ3n) is 3.68. The van der Waals surface area contributed by atoms with Gasteiger partial charge in [-0.3, -0.25) is 4.79 Å². The summed E-state index contributed by atoms with van der Waals surface area (Å²) in [4.78, 5) is 38.7. The molecule has 2 rings (SSSR count). The second-order valence-corrected chi connectivity index (χ2v) is 5.57. The van der Waals surface area contributed by atoms with Gasteiger partial charge in [-0.25, -0.2) is 18.4 Å². The quantitative estimate of drug-likeness (QED) is 0.751. The Morgan fingerprint density at radius 3 is 2.30 bits per heavy atom. The number of ether oxygens (including phenoxy) is 2.